The molecule has 2 aliphatic carbocycles. The fourth-order valence-corrected chi connectivity index (χ4v) is 3.61. The summed E-state index contributed by atoms with van der Waals surface area (Å²) < 4.78 is 7.18. The Morgan fingerprint density at radius 3 is 2.81 bits per heavy atom. The number of anilines is 1. The van der Waals surface area contributed by atoms with E-state index in [0.717, 1.165) is 50.0 Å². The average molecular weight is 393 g/mol. The lowest BCUT2D eigenvalue weighted by Gasteiger charge is -2.25. The van der Waals surface area contributed by atoms with Crippen LogP contribution >= 0.6 is 12.4 Å². The number of benzene rings is 1. The first-order valence-electron chi connectivity index (χ1n) is 9.19. The van der Waals surface area contributed by atoms with E-state index in [2.05, 4.69) is 20.8 Å². The van der Waals surface area contributed by atoms with E-state index in [9.17, 15) is 4.79 Å². The quantitative estimate of drug-likeness (QED) is 0.808. The molecule has 2 unspecified atom stereocenters. The van der Waals surface area contributed by atoms with Crippen molar-refractivity contribution in [2.45, 2.75) is 50.5 Å². The molecule has 0 bridgehead atoms. The Morgan fingerprint density at radius 1 is 1.30 bits per heavy atom. The number of amides is 1. The molecule has 0 radical (unpaired) electrons. The van der Waals surface area contributed by atoms with Crippen LogP contribution in [-0.2, 0) is 4.79 Å². The topological polar surface area (TPSA) is 108 Å². The number of carbonyl (C=O) groups excluding carboxylic acids is 1. The molecular weight excluding hydrogens is 368 g/mol. The molecule has 8 nitrogen and oxygen atoms in total. The largest absolute Gasteiger partial charge is 0.494 e. The number of nitrogens with one attached hydrogen (secondary N) is 1. The van der Waals surface area contributed by atoms with Crippen LogP contribution in [0.15, 0.2) is 18.2 Å². The van der Waals surface area contributed by atoms with Crippen molar-refractivity contribution in [2.75, 3.05) is 12.4 Å². The third-order valence-electron chi connectivity index (χ3n) is 5.20. The van der Waals surface area contributed by atoms with Crippen LogP contribution in [0.1, 0.15) is 50.3 Å². The second-order valence-electron chi connectivity index (χ2n) is 7.22. The number of ether oxygens (including phenoxy) is 1. The molecule has 2 aromatic rings. The zero-order valence-electron chi connectivity index (χ0n) is 15.3. The Morgan fingerprint density at radius 2 is 2.11 bits per heavy atom. The molecule has 1 aromatic carbocycles. The molecule has 1 aromatic heterocycles. The van der Waals surface area contributed by atoms with Gasteiger partial charge in [-0.3, -0.25) is 4.79 Å². The van der Waals surface area contributed by atoms with Crippen LogP contribution in [0.3, 0.4) is 0 Å². The van der Waals surface area contributed by atoms with E-state index >= 15 is 0 Å². The van der Waals surface area contributed by atoms with E-state index < -0.39 is 0 Å². The number of methoxy groups -OCH3 is 1. The van der Waals surface area contributed by atoms with Gasteiger partial charge < -0.3 is 15.8 Å². The SMILES string of the molecule is COc1ccc(NC(=O)C2CCCC(N)C2)cc1-n1nnnc1C1CC1.Cl. The van der Waals surface area contributed by atoms with E-state index in [-0.39, 0.29) is 30.3 Å². The van der Waals surface area contributed by atoms with Crippen molar-refractivity contribution >= 4 is 24.0 Å². The molecular formula is C18H25ClN6O2. The zero-order chi connectivity index (χ0) is 18.1. The molecule has 2 saturated carbocycles. The normalized spacial score (nSPS) is 22.0. The first-order chi connectivity index (χ1) is 12.7. The minimum absolute atomic E-state index is 0. The summed E-state index contributed by atoms with van der Waals surface area (Å²) in [6.07, 6.45) is 5.83. The summed E-state index contributed by atoms with van der Waals surface area (Å²) in [5.74, 6) is 1.90. The predicted molar refractivity (Wildman–Crippen MR) is 103 cm³/mol. The van der Waals surface area contributed by atoms with Crippen molar-refractivity contribution in [3.8, 4) is 11.4 Å². The van der Waals surface area contributed by atoms with Crippen molar-refractivity contribution in [1.29, 1.82) is 0 Å². The summed E-state index contributed by atoms with van der Waals surface area (Å²) in [4.78, 5) is 12.6. The first-order valence-corrected chi connectivity index (χ1v) is 9.19. The lowest BCUT2D eigenvalue weighted by molar-refractivity contribution is -0.120. The van der Waals surface area contributed by atoms with Gasteiger partial charge in [0, 0.05) is 23.6 Å². The fraction of sp³-hybridized carbons (Fsp3) is 0.556. The van der Waals surface area contributed by atoms with Gasteiger partial charge in [0.1, 0.15) is 11.4 Å². The number of halogens is 1. The van der Waals surface area contributed by atoms with Gasteiger partial charge in [-0.25, -0.2) is 0 Å². The van der Waals surface area contributed by atoms with Gasteiger partial charge in [-0.2, -0.15) is 4.68 Å². The smallest absolute Gasteiger partial charge is 0.227 e. The zero-order valence-corrected chi connectivity index (χ0v) is 16.1. The number of hydrogen-bond acceptors (Lipinski definition) is 6. The lowest BCUT2D eigenvalue weighted by Crippen LogP contribution is -2.34. The number of nitrogens with two attached hydrogens (primary N) is 1. The summed E-state index contributed by atoms with van der Waals surface area (Å²) in [5.41, 5.74) is 7.46. The maximum atomic E-state index is 12.6. The van der Waals surface area contributed by atoms with Crippen molar-refractivity contribution in [3.63, 3.8) is 0 Å². The number of rotatable bonds is 5. The van der Waals surface area contributed by atoms with E-state index in [1.54, 1.807) is 11.8 Å². The summed E-state index contributed by atoms with van der Waals surface area (Å²) >= 11 is 0. The summed E-state index contributed by atoms with van der Waals surface area (Å²) in [7, 11) is 1.61. The van der Waals surface area contributed by atoms with Crippen molar-refractivity contribution < 1.29 is 9.53 Å². The lowest BCUT2D eigenvalue weighted by atomic mass is 9.85. The van der Waals surface area contributed by atoms with Crippen LogP contribution in [-0.4, -0.2) is 39.3 Å². The molecule has 146 valence electrons. The predicted octanol–water partition coefficient (Wildman–Crippen LogP) is 2.43. The fourth-order valence-electron chi connectivity index (χ4n) is 3.61. The summed E-state index contributed by atoms with van der Waals surface area (Å²) in [6.45, 7) is 0. The van der Waals surface area contributed by atoms with Crippen LogP contribution < -0.4 is 15.8 Å². The average Bonchev–Trinajstić information content (AvgIpc) is 3.38. The van der Waals surface area contributed by atoms with Crippen molar-refractivity contribution in [1.82, 2.24) is 20.2 Å². The molecule has 3 N–H and O–H groups in total. The third-order valence-corrected chi connectivity index (χ3v) is 5.20. The summed E-state index contributed by atoms with van der Waals surface area (Å²) in [6, 6.07) is 5.65. The molecule has 9 heteroatoms. The maximum absolute atomic E-state index is 12.6. The monoisotopic (exact) mass is 392 g/mol. The highest BCUT2D eigenvalue weighted by molar-refractivity contribution is 5.93. The molecule has 0 spiro atoms. The van der Waals surface area contributed by atoms with E-state index in [1.165, 1.54) is 0 Å². The minimum atomic E-state index is -0.0284. The molecule has 2 atom stereocenters. The first kappa shape index (κ1) is 19.6. The Balaban J connectivity index is 0.00000210. The Bertz CT molecular complexity index is 807. The van der Waals surface area contributed by atoms with Gasteiger partial charge >= 0.3 is 0 Å². The standard InChI is InChI=1S/C18H24N6O2.ClH/c1-26-16-8-7-14(20-18(25)12-3-2-4-13(19)9-12)10-15(16)24-17(11-5-6-11)21-22-23-24;/h7-8,10-13H,2-6,9,19H2,1H3,(H,20,25);1H. The molecule has 4 rings (SSSR count). The Kier molecular flexibility index (Phi) is 5.96. The van der Waals surface area contributed by atoms with Gasteiger partial charge in [0.15, 0.2) is 5.82 Å². The van der Waals surface area contributed by atoms with Gasteiger partial charge in [0.2, 0.25) is 5.91 Å². The Hall–Kier alpha value is -2.19. The van der Waals surface area contributed by atoms with Crippen molar-refractivity contribution in [2.24, 2.45) is 11.7 Å². The number of aromatic nitrogens is 4. The highest BCUT2D eigenvalue weighted by Gasteiger charge is 2.31. The molecule has 1 heterocycles. The molecule has 0 saturated heterocycles. The van der Waals surface area contributed by atoms with E-state index in [4.69, 9.17) is 10.5 Å². The highest BCUT2D eigenvalue weighted by atomic mass is 35.5. The molecule has 2 fully saturated rings. The number of tetrazole rings is 1. The van der Waals surface area contributed by atoms with Gasteiger partial charge in [-0.15, -0.1) is 17.5 Å². The molecule has 2 aliphatic rings. The van der Waals surface area contributed by atoms with Crippen LogP contribution in [0.2, 0.25) is 0 Å². The van der Waals surface area contributed by atoms with E-state index in [0.29, 0.717) is 17.4 Å². The minimum Gasteiger partial charge on any atom is -0.494 e. The van der Waals surface area contributed by atoms with Crippen LogP contribution in [0.4, 0.5) is 5.69 Å². The second kappa shape index (κ2) is 8.22. The molecule has 0 aliphatic heterocycles. The maximum Gasteiger partial charge on any atom is 0.227 e. The van der Waals surface area contributed by atoms with Gasteiger partial charge in [-0.05, 0) is 60.7 Å². The summed E-state index contributed by atoms with van der Waals surface area (Å²) in [5, 5.41) is 15.1. The van der Waals surface area contributed by atoms with Gasteiger partial charge in [0.05, 0.1) is 7.11 Å². The highest BCUT2D eigenvalue weighted by Crippen LogP contribution is 2.40. The van der Waals surface area contributed by atoms with Gasteiger partial charge in [0.25, 0.3) is 0 Å². The van der Waals surface area contributed by atoms with Crippen molar-refractivity contribution in [3.05, 3.63) is 24.0 Å². The number of nitrogens with zero attached hydrogens (tertiary/aromatic N) is 4. The van der Waals surface area contributed by atoms with Crippen LogP contribution in [0, 0.1) is 5.92 Å². The Labute approximate surface area is 164 Å². The number of hydrogen-bond donors (Lipinski definition) is 2. The van der Waals surface area contributed by atoms with E-state index in [1.807, 2.05) is 18.2 Å². The van der Waals surface area contributed by atoms with Crippen LogP contribution in [0.25, 0.3) is 5.69 Å². The molecule has 27 heavy (non-hydrogen) atoms. The van der Waals surface area contributed by atoms with Gasteiger partial charge in [-0.1, -0.05) is 6.42 Å². The van der Waals surface area contributed by atoms with Crippen LogP contribution in [0.5, 0.6) is 5.75 Å². The third kappa shape index (κ3) is 4.22. The second-order valence-corrected chi connectivity index (χ2v) is 7.22. The molecule has 1 amide bonds. The number of carbonyl (C=O) groups is 1.